The Balaban J connectivity index is 1.68. The molecule has 0 aliphatic carbocycles. The molecule has 0 amide bonds. The molecule has 220 valence electrons. The third-order valence-electron chi connectivity index (χ3n) is 9.02. The number of hydrogen-bond donors (Lipinski definition) is 0. The van der Waals surface area contributed by atoms with Crippen LogP contribution in [0.15, 0.2) is 73.1 Å². The van der Waals surface area contributed by atoms with Gasteiger partial charge >= 0.3 is 0 Å². The van der Waals surface area contributed by atoms with Gasteiger partial charge in [0.2, 0.25) is 0 Å². The standard InChI is InChI=1S/C38H58N2/c1-4-6-8-9-10-11-12-13-14-15-16-23-29-36(37-39-30-32-40(37)31-24-7-5-2)38(3,35-27-21-18-22-28-35)33-34-25-19-17-20-26-34/h17-22,25-28,30,32,36H,4-16,23-24,29,31,33H2,1-3H3. The van der Waals surface area contributed by atoms with Crippen LogP contribution >= 0.6 is 0 Å². The Hall–Kier alpha value is -2.35. The van der Waals surface area contributed by atoms with Gasteiger partial charge in [0.25, 0.3) is 0 Å². The molecular weight excluding hydrogens is 484 g/mol. The van der Waals surface area contributed by atoms with Gasteiger partial charge in [-0.1, -0.05) is 171 Å². The van der Waals surface area contributed by atoms with E-state index >= 15 is 0 Å². The highest BCUT2D eigenvalue weighted by atomic mass is 15.1. The number of imidazole rings is 1. The van der Waals surface area contributed by atoms with Crippen molar-refractivity contribution in [3.63, 3.8) is 0 Å². The summed E-state index contributed by atoms with van der Waals surface area (Å²) in [6.07, 6.45) is 27.0. The quantitative estimate of drug-likeness (QED) is 0.115. The first-order valence-corrected chi connectivity index (χ1v) is 16.8. The Bertz CT molecular complexity index is 1010. The Morgan fingerprint density at radius 3 is 1.77 bits per heavy atom. The van der Waals surface area contributed by atoms with E-state index in [-0.39, 0.29) is 5.41 Å². The largest absolute Gasteiger partial charge is 0.335 e. The van der Waals surface area contributed by atoms with Crippen molar-refractivity contribution in [1.82, 2.24) is 9.55 Å². The van der Waals surface area contributed by atoms with Crippen LogP contribution in [0.4, 0.5) is 0 Å². The van der Waals surface area contributed by atoms with E-state index in [9.17, 15) is 0 Å². The van der Waals surface area contributed by atoms with Gasteiger partial charge in [-0.2, -0.15) is 0 Å². The van der Waals surface area contributed by atoms with Gasteiger partial charge in [-0.05, 0) is 30.4 Å². The highest BCUT2D eigenvalue weighted by Gasteiger charge is 2.39. The molecule has 2 nitrogen and oxygen atoms in total. The van der Waals surface area contributed by atoms with E-state index in [4.69, 9.17) is 4.98 Å². The van der Waals surface area contributed by atoms with Crippen LogP contribution < -0.4 is 0 Å². The van der Waals surface area contributed by atoms with Gasteiger partial charge in [-0.25, -0.2) is 4.98 Å². The number of nitrogens with zero attached hydrogens (tertiary/aromatic N) is 2. The first kappa shape index (κ1) is 32.2. The van der Waals surface area contributed by atoms with Crippen LogP contribution in [0, 0.1) is 0 Å². The SMILES string of the molecule is CCCCCCCCCCCCCCC(c1nccn1CCCCC)C(C)(Cc1ccccc1)c1ccccc1. The van der Waals surface area contributed by atoms with E-state index in [2.05, 4.69) is 92.2 Å². The molecule has 3 aromatic rings. The number of aromatic nitrogens is 2. The molecule has 0 spiro atoms. The maximum Gasteiger partial charge on any atom is 0.112 e. The van der Waals surface area contributed by atoms with Crippen LogP contribution in [-0.4, -0.2) is 9.55 Å². The minimum Gasteiger partial charge on any atom is -0.335 e. The maximum absolute atomic E-state index is 5.07. The average molecular weight is 543 g/mol. The zero-order valence-electron chi connectivity index (χ0n) is 26.1. The number of rotatable bonds is 22. The summed E-state index contributed by atoms with van der Waals surface area (Å²) < 4.78 is 2.48. The first-order chi connectivity index (χ1) is 19.7. The monoisotopic (exact) mass is 542 g/mol. The lowest BCUT2D eigenvalue weighted by Gasteiger charge is -2.39. The number of benzene rings is 2. The highest BCUT2D eigenvalue weighted by Crippen LogP contribution is 2.44. The van der Waals surface area contributed by atoms with Crippen molar-refractivity contribution in [2.24, 2.45) is 0 Å². The normalized spacial score (nSPS) is 13.8. The van der Waals surface area contributed by atoms with Crippen LogP contribution in [0.3, 0.4) is 0 Å². The number of hydrogen-bond acceptors (Lipinski definition) is 1. The fourth-order valence-electron chi connectivity index (χ4n) is 6.54. The molecule has 1 aromatic heterocycles. The molecule has 1 heterocycles. The Kier molecular flexibility index (Phi) is 15.2. The van der Waals surface area contributed by atoms with Gasteiger partial charge in [0, 0.05) is 30.3 Å². The average Bonchev–Trinajstić information content (AvgIpc) is 3.44. The summed E-state index contributed by atoms with van der Waals surface area (Å²) >= 11 is 0. The summed E-state index contributed by atoms with van der Waals surface area (Å²) in [4.78, 5) is 5.07. The molecule has 0 saturated carbocycles. The van der Waals surface area contributed by atoms with Crippen LogP contribution in [0.5, 0.6) is 0 Å². The third-order valence-corrected chi connectivity index (χ3v) is 9.02. The molecule has 0 aliphatic heterocycles. The smallest absolute Gasteiger partial charge is 0.112 e. The summed E-state index contributed by atoms with van der Waals surface area (Å²) in [5, 5.41) is 0. The first-order valence-electron chi connectivity index (χ1n) is 16.8. The van der Waals surface area contributed by atoms with Gasteiger partial charge in [0.1, 0.15) is 5.82 Å². The molecule has 0 radical (unpaired) electrons. The molecular formula is C38H58N2. The second-order valence-corrected chi connectivity index (χ2v) is 12.4. The third kappa shape index (κ3) is 10.6. The molecule has 2 heteroatoms. The molecule has 0 saturated heterocycles. The Morgan fingerprint density at radius 1 is 0.650 bits per heavy atom. The van der Waals surface area contributed by atoms with Crippen molar-refractivity contribution in [3.05, 3.63) is 90.0 Å². The predicted octanol–water partition coefficient (Wildman–Crippen LogP) is 11.4. The molecule has 0 bridgehead atoms. The fraction of sp³-hybridized carbons (Fsp3) is 0.605. The van der Waals surface area contributed by atoms with Crippen molar-refractivity contribution in [1.29, 1.82) is 0 Å². The van der Waals surface area contributed by atoms with Gasteiger partial charge in [0.15, 0.2) is 0 Å². The predicted molar refractivity (Wildman–Crippen MR) is 174 cm³/mol. The van der Waals surface area contributed by atoms with Gasteiger partial charge in [-0.15, -0.1) is 0 Å². The zero-order chi connectivity index (χ0) is 28.3. The van der Waals surface area contributed by atoms with E-state index in [1.54, 1.807) is 0 Å². The maximum atomic E-state index is 5.07. The summed E-state index contributed by atoms with van der Waals surface area (Å²) in [6.45, 7) is 8.17. The molecule has 3 rings (SSSR count). The van der Waals surface area contributed by atoms with E-state index in [0.717, 1.165) is 13.0 Å². The lowest BCUT2D eigenvalue weighted by molar-refractivity contribution is 0.321. The molecule has 2 unspecified atom stereocenters. The Labute approximate surface area is 247 Å². The van der Waals surface area contributed by atoms with Crippen LogP contribution in [0.1, 0.15) is 146 Å². The van der Waals surface area contributed by atoms with Crippen LogP contribution in [0.2, 0.25) is 0 Å². The lowest BCUT2D eigenvalue weighted by atomic mass is 9.66. The highest BCUT2D eigenvalue weighted by molar-refractivity contribution is 5.33. The van der Waals surface area contributed by atoms with Gasteiger partial charge in [-0.3, -0.25) is 0 Å². The van der Waals surface area contributed by atoms with Crippen LogP contribution in [0.25, 0.3) is 0 Å². The van der Waals surface area contributed by atoms with E-state index in [0.29, 0.717) is 5.92 Å². The second kappa shape index (κ2) is 18.9. The van der Waals surface area contributed by atoms with Crippen molar-refractivity contribution < 1.29 is 0 Å². The van der Waals surface area contributed by atoms with E-state index in [1.165, 1.54) is 120 Å². The molecule has 2 atom stereocenters. The molecule has 0 N–H and O–H groups in total. The fourth-order valence-corrected chi connectivity index (χ4v) is 6.54. The number of unbranched alkanes of at least 4 members (excludes halogenated alkanes) is 13. The van der Waals surface area contributed by atoms with E-state index in [1.807, 2.05) is 6.20 Å². The van der Waals surface area contributed by atoms with Crippen LogP contribution in [-0.2, 0) is 18.4 Å². The van der Waals surface area contributed by atoms with Crippen molar-refractivity contribution in [3.8, 4) is 0 Å². The Morgan fingerprint density at radius 2 is 1.18 bits per heavy atom. The molecule has 0 fully saturated rings. The summed E-state index contributed by atoms with van der Waals surface area (Å²) in [6, 6.07) is 22.4. The van der Waals surface area contributed by atoms with Gasteiger partial charge < -0.3 is 4.57 Å². The summed E-state index contributed by atoms with van der Waals surface area (Å²) in [7, 11) is 0. The van der Waals surface area contributed by atoms with Crippen molar-refractivity contribution in [2.75, 3.05) is 0 Å². The van der Waals surface area contributed by atoms with Crippen molar-refractivity contribution >= 4 is 0 Å². The number of aryl methyl sites for hydroxylation is 1. The van der Waals surface area contributed by atoms with E-state index < -0.39 is 0 Å². The zero-order valence-corrected chi connectivity index (χ0v) is 26.1. The van der Waals surface area contributed by atoms with Crippen molar-refractivity contribution in [2.45, 2.75) is 148 Å². The summed E-state index contributed by atoms with van der Waals surface area (Å²) in [5.74, 6) is 1.68. The minimum atomic E-state index is -0.0196. The molecule has 2 aromatic carbocycles. The summed E-state index contributed by atoms with van der Waals surface area (Å²) in [5.41, 5.74) is 2.83. The lowest BCUT2D eigenvalue weighted by Crippen LogP contribution is -2.35. The topological polar surface area (TPSA) is 17.8 Å². The second-order valence-electron chi connectivity index (χ2n) is 12.4. The molecule has 0 aliphatic rings. The minimum absolute atomic E-state index is 0.0196. The molecule has 40 heavy (non-hydrogen) atoms. The van der Waals surface area contributed by atoms with Gasteiger partial charge in [0.05, 0.1) is 0 Å².